The number of H-pyrrole nitrogens is 1. The number of carbonyl (C=O) groups excluding carboxylic acids is 1. The number of carbonyl (C=O) groups is 1. The van der Waals surface area contributed by atoms with Gasteiger partial charge in [-0.15, -0.1) is 0 Å². The number of hydrogen-bond donors (Lipinski definition) is 2. The van der Waals surface area contributed by atoms with Crippen LogP contribution in [-0.4, -0.2) is 15.9 Å². The molecule has 0 atom stereocenters. The summed E-state index contributed by atoms with van der Waals surface area (Å²) in [5.41, 5.74) is 0.576. The van der Waals surface area contributed by atoms with E-state index in [1.165, 1.54) is 6.20 Å². The Hall–Kier alpha value is -2.43. The summed E-state index contributed by atoms with van der Waals surface area (Å²) < 4.78 is 0. The lowest BCUT2D eigenvalue weighted by Gasteiger charge is -2.04. The van der Waals surface area contributed by atoms with Gasteiger partial charge in [-0.3, -0.25) is 9.59 Å². The van der Waals surface area contributed by atoms with Crippen LogP contribution in [0.5, 0.6) is 0 Å². The van der Waals surface area contributed by atoms with Crippen LogP contribution in [0.15, 0.2) is 41.3 Å². The molecule has 0 bridgehead atoms. The van der Waals surface area contributed by atoms with Crippen LogP contribution in [0.4, 0.5) is 0 Å². The predicted octanol–water partition coefficient (Wildman–Crippen LogP) is 1.01. The molecular formula is C13H13N3O2. The normalized spacial score (nSPS) is 10.1. The van der Waals surface area contributed by atoms with Gasteiger partial charge >= 0.3 is 0 Å². The van der Waals surface area contributed by atoms with Gasteiger partial charge in [0, 0.05) is 12.7 Å². The second kappa shape index (κ2) is 5.27. The van der Waals surface area contributed by atoms with Crippen molar-refractivity contribution in [1.29, 1.82) is 0 Å². The zero-order valence-corrected chi connectivity index (χ0v) is 9.93. The van der Waals surface area contributed by atoms with Crippen LogP contribution < -0.4 is 10.9 Å². The van der Waals surface area contributed by atoms with E-state index in [0.717, 1.165) is 5.56 Å². The molecule has 2 aromatic rings. The first-order chi connectivity index (χ1) is 8.66. The van der Waals surface area contributed by atoms with Crippen molar-refractivity contribution in [3.8, 4) is 0 Å². The van der Waals surface area contributed by atoms with Crippen LogP contribution in [0, 0.1) is 6.92 Å². The van der Waals surface area contributed by atoms with Gasteiger partial charge in [0.05, 0.1) is 0 Å². The molecule has 5 nitrogen and oxygen atoms in total. The van der Waals surface area contributed by atoms with Crippen molar-refractivity contribution < 1.29 is 4.79 Å². The van der Waals surface area contributed by atoms with Crippen molar-refractivity contribution in [2.24, 2.45) is 0 Å². The fraction of sp³-hybridized carbons (Fsp3) is 0.154. The van der Waals surface area contributed by atoms with Gasteiger partial charge in [0.25, 0.3) is 11.5 Å². The Balaban J connectivity index is 2.06. The van der Waals surface area contributed by atoms with Crippen molar-refractivity contribution in [3.05, 3.63) is 63.8 Å². The van der Waals surface area contributed by atoms with Crippen molar-refractivity contribution in [1.82, 2.24) is 15.3 Å². The molecule has 0 radical (unpaired) electrons. The van der Waals surface area contributed by atoms with Crippen LogP contribution in [0.3, 0.4) is 0 Å². The molecule has 0 unspecified atom stereocenters. The molecule has 0 spiro atoms. The molecule has 92 valence electrons. The molecular weight excluding hydrogens is 230 g/mol. The molecule has 1 heterocycles. The highest BCUT2D eigenvalue weighted by molar-refractivity contribution is 5.93. The maximum atomic E-state index is 11.8. The van der Waals surface area contributed by atoms with Crippen molar-refractivity contribution in [2.75, 3.05) is 0 Å². The number of nitrogens with zero attached hydrogens (tertiary/aromatic N) is 1. The summed E-state index contributed by atoms with van der Waals surface area (Å²) in [4.78, 5) is 29.7. The maximum Gasteiger partial charge on any atom is 0.263 e. The van der Waals surface area contributed by atoms with Gasteiger partial charge in [0.2, 0.25) is 0 Å². The molecule has 5 heteroatoms. The fourth-order valence-electron chi connectivity index (χ4n) is 1.52. The fourth-order valence-corrected chi connectivity index (χ4v) is 1.52. The summed E-state index contributed by atoms with van der Waals surface area (Å²) >= 11 is 0. The number of benzene rings is 1. The van der Waals surface area contributed by atoms with Gasteiger partial charge in [0.1, 0.15) is 11.4 Å². The Bertz CT molecular complexity index is 605. The van der Waals surface area contributed by atoms with E-state index in [9.17, 15) is 9.59 Å². The SMILES string of the molecule is Cc1ncc(C(=O)NCc2ccccc2)c(=O)[nH]1. The molecule has 0 aliphatic carbocycles. The van der Waals surface area contributed by atoms with Crippen molar-refractivity contribution in [3.63, 3.8) is 0 Å². The summed E-state index contributed by atoms with van der Waals surface area (Å²) in [5.74, 6) is 0.0622. The maximum absolute atomic E-state index is 11.8. The summed E-state index contributed by atoms with van der Waals surface area (Å²) in [5, 5.41) is 2.68. The molecule has 0 saturated carbocycles. The summed E-state index contributed by atoms with van der Waals surface area (Å²) in [6.07, 6.45) is 1.29. The topological polar surface area (TPSA) is 74.8 Å². The van der Waals surface area contributed by atoms with E-state index in [0.29, 0.717) is 12.4 Å². The Morgan fingerprint density at radius 2 is 2.06 bits per heavy atom. The monoisotopic (exact) mass is 243 g/mol. The second-order valence-corrected chi connectivity index (χ2v) is 3.88. The van der Waals surface area contributed by atoms with Gasteiger partial charge in [0.15, 0.2) is 0 Å². The van der Waals surface area contributed by atoms with Gasteiger partial charge < -0.3 is 10.3 Å². The van der Waals surface area contributed by atoms with Crippen LogP contribution in [0.2, 0.25) is 0 Å². The molecule has 2 N–H and O–H groups in total. The Kier molecular flexibility index (Phi) is 3.52. The molecule has 0 saturated heterocycles. The third kappa shape index (κ3) is 2.82. The highest BCUT2D eigenvalue weighted by Crippen LogP contribution is 1.98. The predicted molar refractivity (Wildman–Crippen MR) is 67.2 cm³/mol. The minimum atomic E-state index is -0.424. The first kappa shape index (κ1) is 12.0. The van der Waals surface area contributed by atoms with Crippen LogP contribution in [-0.2, 0) is 6.54 Å². The molecule has 1 aromatic heterocycles. The van der Waals surface area contributed by atoms with E-state index in [-0.39, 0.29) is 5.56 Å². The lowest BCUT2D eigenvalue weighted by molar-refractivity contribution is 0.0949. The van der Waals surface area contributed by atoms with Crippen molar-refractivity contribution >= 4 is 5.91 Å². The summed E-state index contributed by atoms with van der Waals surface area (Å²) in [6.45, 7) is 2.04. The van der Waals surface area contributed by atoms with Gasteiger partial charge in [-0.05, 0) is 12.5 Å². The highest BCUT2D eigenvalue weighted by Gasteiger charge is 2.10. The smallest absolute Gasteiger partial charge is 0.263 e. The number of nitrogens with one attached hydrogen (secondary N) is 2. The number of rotatable bonds is 3. The highest BCUT2D eigenvalue weighted by atomic mass is 16.2. The van der Waals surface area contributed by atoms with Gasteiger partial charge in [-0.2, -0.15) is 0 Å². The number of aromatic nitrogens is 2. The molecule has 0 fully saturated rings. The Morgan fingerprint density at radius 1 is 1.33 bits per heavy atom. The first-order valence-corrected chi connectivity index (χ1v) is 5.55. The average molecular weight is 243 g/mol. The second-order valence-electron chi connectivity index (χ2n) is 3.88. The number of amides is 1. The largest absolute Gasteiger partial charge is 0.348 e. The average Bonchev–Trinajstić information content (AvgIpc) is 2.37. The molecule has 1 aromatic carbocycles. The zero-order chi connectivity index (χ0) is 13.0. The molecule has 0 aliphatic rings. The quantitative estimate of drug-likeness (QED) is 0.844. The van der Waals surface area contributed by atoms with E-state index in [1.54, 1.807) is 6.92 Å². The molecule has 1 amide bonds. The summed E-state index contributed by atoms with van der Waals surface area (Å²) in [7, 11) is 0. The Morgan fingerprint density at radius 3 is 2.72 bits per heavy atom. The van der Waals surface area contributed by atoms with Crippen molar-refractivity contribution in [2.45, 2.75) is 13.5 Å². The molecule has 18 heavy (non-hydrogen) atoms. The standard InChI is InChI=1S/C13H13N3O2/c1-9-14-8-11(13(18)16-9)12(17)15-7-10-5-3-2-4-6-10/h2-6,8H,7H2,1H3,(H,15,17)(H,14,16,18). The lowest BCUT2D eigenvalue weighted by atomic mass is 10.2. The van der Waals surface area contributed by atoms with Crippen LogP contribution in [0.25, 0.3) is 0 Å². The third-order valence-electron chi connectivity index (χ3n) is 2.47. The number of aromatic amines is 1. The van der Waals surface area contributed by atoms with E-state index < -0.39 is 11.5 Å². The molecule has 0 aliphatic heterocycles. The van der Waals surface area contributed by atoms with E-state index in [1.807, 2.05) is 30.3 Å². The Labute approximate surface area is 104 Å². The third-order valence-corrected chi connectivity index (χ3v) is 2.47. The first-order valence-electron chi connectivity index (χ1n) is 5.55. The summed E-state index contributed by atoms with van der Waals surface area (Å²) in [6, 6.07) is 9.49. The molecule has 2 rings (SSSR count). The van der Waals surface area contributed by atoms with Gasteiger partial charge in [-0.25, -0.2) is 4.98 Å². The lowest BCUT2D eigenvalue weighted by Crippen LogP contribution is -2.29. The van der Waals surface area contributed by atoms with E-state index in [4.69, 9.17) is 0 Å². The number of aryl methyl sites for hydroxylation is 1. The van der Waals surface area contributed by atoms with Crippen LogP contribution >= 0.6 is 0 Å². The zero-order valence-electron chi connectivity index (χ0n) is 9.93. The van der Waals surface area contributed by atoms with E-state index >= 15 is 0 Å². The number of hydrogen-bond acceptors (Lipinski definition) is 3. The van der Waals surface area contributed by atoms with Crippen LogP contribution in [0.1, 0.15) is 21.7 Å². The van der Waals surface area contributed by atoms with Gasteiger partial charge in [-0.1, -0.05) is 30.3 Å². The minimum absolute atomic E-state index is 0.0246. The van der Waals surface area contributed by atoms with E-state index in [2.05, 4.69) is 15.3 Å². The minimum Gasteiger partial charge on any atom is -0.348 e.